The summed E-state index contributed by atoms with van der Waals surface area (Å²) in [5.41, 5.74) is 12.7. The highest BCUT2D eigenvalue weighted by atomic mass is 127. The molecule has 5 heteroatoms. The van der Waals surface area contributed by atoms with E-state index in [9.17, 15) is 4.39 Å². The highest BCUT2D eigenvalue weighted by molar-refractivity contribution is 14.1. The van der Waals surface area contributed by atoms with E-state index in [0.717, 1.165) is 5.56 Å². The van der Waals surface area contributed by atoms with Gasteiger partial charge in [-0.2, -0.15) is 0 Å². The third-order valence-electron chi connectivity index (χ3n) is 2.27. The summed E-state index contributed by atoms with van der Waals surface area (Å²) in [5.74, 6) is -0.214. The molecule has 1 saturated heterocycles. The van der Waals surface area contributed by atoms with Crippen molar-refractivity contribution >= 4 is 22.6 Å². The van der Waals surface area contributed by atoms with E-state index < -0.39 is 0 Å². The Hall–Kier alpha value is -0.240. The van der Waals surface area contributed by atoms with Crippen LogP contribution in [0.3, 0.4) is 0 Å². The lowest BCUT2D eigenvalue weighted by Gasteiger charge is -2.14. The SMILES string of the molecule is NC1NNC(c2cccc(F)c2)C1I. The molecule has 1 aliphatic heterocycles. The topological polar surface area (TPSA) is 50.1 Å². The second-order valence-electron chi connectivity index (χ2n) is 3.29. The molecule has 14 heavy (non-hydrogen) atoms. The fourth-order valence-electron chi connectivity index (χ4n) is 1.52. The molecule has 2 rings (SSSR count). The zero-order chi connectivity index (χ0) is 10.1. The van der Waals surface area contributed by atoms with E-state index in [1.54, 1.807) is 6.07 Å². The minimum atomic E-state index is -0.214. The molecule has 1 aromatic carbocycles. The molecule has 3 atom stereocenters. The van der Waals surface area contributed by atoms with Gasteiger partial charge in [-0.1, -0.05) is 34.7 Å². The van der Waals surface area contributed by atoms with Crippen molar-refractivity contribution in [1.29, 1.82) is 0 Å². The summed E-state index contributed by atoms with van der Waals surface area (Å²) in [7, 11) is 0. The van der Waals surface area contributed by atoms with Gasteiger partial charge in [0.05, 0.1) is 16.1 Å². The fourth-order valence-corrected chi connectivity index (χ4v) is 2.29. The lowest BCUT2D eigenvalue weighted by molar-refractivity contribution is 0.549. The molecule has 4 N–H and O–H groups in total. The molecule has 0 radical (unpaired) electrons. The number of halogens is 2. The first kappa shape index (κ1) is 10.3. The number of benzene rings is 1. The van der Waals surface area contributed by atoms with Gasteiger partial charge in [-0.15, -0.1) is 0 Å². The number of hydrogen-bond acceptors (Lipinski definition) is 3. The van der Waals surface area contributed by atoms with Crippen LogP contribution < -0.4 is 16.6 Å². The van der Waals surface area contributed by atoms with E-state index in [4.69, 9.17) is 5.73 Å². The normalized spacial score (nSPS) is 32.1. The van der Waals surface area contributed by atoms with Crippen molar-refractivity contribution in [3.63, 3.8) is 0 Å². The van der Waals surface area contributed by atoms with Crippen LogP contribution in [0.4, 0.5) is 4.39 Å². The molecule has 1 heterocycles. The van der Waals surface area contributed by atoms with E-state index in [2.05, 4.69) is 33.4 Å². The summed E-state index contributed by atoms with van der Waals surface area (Å²) in [4.78, 5) is 0. The summed E-state index contributed by atoms with van der Waals surface area (Å²) in [5, 5.41) is 0. The van der Waals surface area contributed by atoms with Crippen LogP contribution in [0.25, 0.3) is 0 Å². The van der Waals surface area contributed by atoms with Crippen LogP contribution in [-0.4, -0.2) is 10.1 Å². The molecule has 3 unspecified atom stereocenters. The van der Waals surface area contributed by atoms with Crippen LogP contribution in [0.2, 0.25) is 0 Å². The molecule has 1 aromatic rings. The number of alkyl halides is 1. The maximum absolute atomic E-state index is 13.0. The van der Waals surface area contributed by atoms with Gasteiger partial charge in [0, 0.05) is 0 Å². The smallest absolute Gasteiger partial charge is 0.123 e. The van der Waals surface area contributed by atoms with Gasteiger partial charge < -0.3 is 5.73 Å². The summed E-state index contributed by atoms with van der Waals surface area (Å²) >= 11 is 2.26. The molecule has 0 amide bonds. The lowest BCUT2D eigenvalue weighted by atomic mass is 10.0. The first-order valence-electron chi connectivity index (χ1n) is 4.34. The van der Waals surface area contributed by atoms with E-state index in [1.807, 2.05) is 6.07 Å². The molecule has 0 aliphatic carbocycles. The van der Waals surface area contributed by atoms with Crippen LogP contribution in [0.15, 0.2) is 24.3 Å². The molecule has 3 nitrogen and oxygen atoms in total. The van der Waals surface area contributed by atoms with Gasteiger partial charge in [0.1, 0.15) is 5.82 Å². The van der Waals surface area contributed by atoms with Gasteiger partial charge in [-0.05, 0) is 17.7 Å². The second-order valence-corrected chi connectivity index (χ2v) is 4.73. The predicted molar refractivity (Wildman–Crippen MR) is 61.2 cm³/mol. The van der Waals surface area contributed by atoms with Crippen molar-refractivity contribution in [3.8, 4) is 0 Å². The molecule has 76 valence electrons. The Morgan fingerprint density at radius 3 is 2.71 bits per heavy atom. The van der Waals surface area contributed by atoms with Crippen LogP contribution in [-0.2, 0) is 0 Å². The Bertz CT molecular complexity index is 334. The van der Waals surface area contributed by atoms with Crippen molar-refractivity contribution < 1.29 is 4.39 Å². The molecule has 0 spiro atoms. The fraction of sp³-hybridized carbons (Fsp3) is 0.333. The summed E-state index contributed by atoms with van der Waals surface area (Å²) in [6.07, 6.45) is -0.0936. The van der Waals surface area contributed by atoms with Crippen molar-refractivity contribution in [1.82, 2.24) is 10.9 Å². The zero-order valence-corrected chi connectivity index (χ0v) is 9.53. The number of hydrogen-bond donors (Lipinski definition) is 3. The average molecular weight is 307 g/mol. The van der Waals surface area contributed by atoms with Crippen LogP contribution in [0.1, 0.15) is 11.6 Å². The van der Waals surface area contributed by atoms with Crippen molar-refractivity contribution in [2.24, 2.45) is 5.73 Å². The maximum Gasteiger partial charge on any atom is 0.123 e. The third kappa shape index (κ3) is 1.90. The van der Waals surface area contributed by atoms with E-state index in [-0.39, 0.29) is 21.9 Å². The number of nitrogens with one attached hydrogen (secondary N) is 2. The Morgan fingerprint density at radius 1 is 1.36 bits per heavy atom. The lowest BCUT2D eigenvalue weighted by Crippen LogP contribution is -2.39. The van der Waals surface area contributed by atoms with Gasteiger partial charge in [0.25, 0.3) is 0 Å². The highest BCUT2D eigenvalue weighted by Gasteiger charge is 2.32. The zero-order valence-electron chi connectivity index (χ0n) is 7.37. The minimum Gasteiger partial charge on any atom is -0.314 e. The van der Waals surface area contributed by atoms with Gasteiger partial charge in [0.15, 0.2) is 0 Å². The standard InChI is InChI=1S/C9H11FIN3/c10-6-3-1-2-5(4-6)8-7(11)9(12)14-13-8/h1-4,7-9,13-14H,12H2. The number of hydrazine groups is 1. The van der Waals surface area contributed by atoms with E-state index >= 15 is 0 Å². The molecule has 0 aromatic heterocycles. The Morgan fingerprint density at radius 2 is 2.14 bits per heavy atom. The van der Waals surface area contributed by atoms with Crippen LogP contribution in [0, 0.1) is 5.82 Å². The van der Waals surface area contributed by atoms with Crippen molar-refractivity contribution in [2.75, 3.05) is 0 Å². The summed E-state index contributed by atoms with van der Waals surface area (Å²) < 4.78 is 13.2. The van der Waals surface area contributed by atoms with E-state index in [1.165, 1.54) is 12.1 Å². The maximum atomic E-state index is 13.0. The van der Waals surface area contributed by atoms with Crippen LogP contribution >= 0.6 is 22.6 Å². The third-order valence-corrected chi connectivity index (χ3v) is 3.77. The predicted octanol–water partition coefficient (Wildman–Crippen LogP) is 1.06. The van der Waals surface area contributed by atoms with Gasteiger partial charge in [-0.3, -0.25) is 0 Å². The summed E-state index contributed by atoms with van der Waals surface area (Å²) in [6, 6.07) is 6.64. The monoisotopic (exact) mass is 307 g/mol. The van der Waals surface area contributed by atoms with Gasteiger partial charge in [-0.25, -0.2) is 15.2 Å². The molecule has 1 fully saturated rings. The number of nitrogens with two attached hydrogens (primary N) is 1. The first-order valence-corrected chi connectivity index (χ1v) is 5.59. The van der Waals surface area contributed by atoms with Crippen LogP contribution in [0.5, 0.6) is 0 Å². The largest absolute Gasteiger partial charge is 0.314 e. The first-order chi connectivity index (χ1) is 6.68. The Labute approximate surface area is 95.4 Å². The quantitative estimate of drug-likeness (QED) is 0.537. The molecule has 1 aliphatic rings. The van der Waals surface area contributed by atoms with Crippen molar-refractivity contribution in [3.05, 3.63) is 35.6 Å². The Kier molecular flexibility index (Phi) is 3.01. The molecular weight excluding hydrogens is 296 g/mol. The van der Waals surface area contributed by atoms with Gasteiger partial charge >= 0.3 is 0 Å². The van der Waals surface area contributed by atoms with Gasteiger partial charge in [0.2, 0.25) is 0 Å². The molecule has 0 saturated carbocycles. The minimum absolute atomic E-state index is 0.0706. The number of rotatable bonds is 1. The molecular formula is C9H11FIN3. The second kappa shape index (κ2) is 4.09. The average Bonchev–Trinajstić information content (AvgIpc) is 2.48. The highest BCUT2D eigenvalue weighted by Crippen LogP contribution is 2.27. The summed E-state index contributed by atoms with van der Waals surface area (Å²) in [6.45, 7) is 0. The molecule has 0 bridgehead atoms. The van der Waals surface area contributed by atoms with E-state index in [0.29, 0.717) is 0 Å². The Balaban J connectivity index is 2.23. The van der Waals surface area contributed by atoms with Crippen molar-refractivity contribution in [2.45, 2.75) is 16.1 Å².